The quantitative estimate of drug-likeness (QED) is 0.794. The number of rotatable bonds is 5. The Labute approximate surface area is 95.8 Å². The minimum atomic E-state index is -0.119. The summed E-state index contributed by atoms with van der Waals surface area (Å²) in [6, 6.07) is -0.119. The second-order valence-electron chi connectivity index (χ2n) is 4.45. The van der Waals surface area contributed by atoms with Crippen molar-refractivity contribution in [2.24, 2.45) is 5.73 Å². The molecule has 1 aliphatic carbocycles. The van der Waals surface area contributed by atoms with Crippen LogP contribution in [0.2, 0.25) is 0 Å². The molecular weight excluding hydrogens is 204 g/mol. The van der Waals surface area contributed by atoms with Gasteiger partial charge < -0.3 is 10.5 Å². The number of nitrogens with two attached hydrogens (primary N) is 1. The van der Waals surface area contributed by atoms with Crippen molar-refractivity contribution in [3.05, 3.63) is 11.6 Å². The van der Waals surface area contributed by atoms with E-state index >= 15 is 0 Å². The molecule has 0 saturated heterocycles. The maximum Gasteiger partial charge on any atom is 0.167 e. The Kier molecular flexibility index (Phi) is 3.90. The maximum atomic E-state index is 5.97. The van der Waals surface area contributed by atoms with Gasteiger partial charge in [0.1, 0.15) is 5.82 Å². The molecule has 1 aromatic heterocycles. The molecule has 0 aliphatic heterocycles. The molecule has 0 spiro atoms. The van der Waals surface area contributed by atoms with Gasteiger partial charge in [0.25, 0.3) is 0 Å². The first-order valence-corrected chi connectivity index (χ1v) is 5.98. The van der Waals surface area contributed by atoms with E-state index in [1.807, 2.05) is 0 Å². The molecule has 5 heteroatoms. The van der Waals surface area contributed by atoms with Gasteiger partial charge >= 0.3 is 0 Å². The molecular formula is C11H20N4O. The van der Waals surface area contributed by atoms with Gasteiger partial charge in [-0.05, 0) is 19.3 Å². The Hall–Kier alpha value is -0.940. The van der Waals surface area contributed by atoms with Gasteiger partial charge in [0.15, 0.2) is 5.82 Å². The molecule has 0 amide bonds. The lowest BCUT2D eigenvalue weighted by Crippen LogP contribution is -2.14. The van der Waals surface area contributed by atoms with Crippen LogP contribution in [-0.2, 0) is 4.74 Å². The lowest BCUT2D eigenvalue weighted by atomic mass is 10.1. The van der Waals surface area contributed by atoms with E-state index in [0.717, 1.165) is 18.1 Å². The normalized spacial score (nSPS) is 19.1. The lowest BCUT2D eigenvalue weighted by molar-refractivity contribution is 0.187. The highest BCUT2D eigenvalue weighted by molar-refractivity contribution is 5.02. The molecule has 2 rings (SSSR count). The predicted molar refractivity (Wildman–Crippen MR) is 61.0 cm³/mol. The topological polar surface area (TPSA) is 76.8 Å². The van der Waals surface area contributed by atoms with E-state index in [1.165, 1.54) is 25.7 Å². The summed E-state index contributed by atoms with van der Waals surface area (Å²) in [5, 5.41) is 7.22. The van der Waals surface area contributed by atoms with Crippen molar-refractivity contribution in [3.63, 3.8) is 0 Å². The Bertz CT molecular complexity index is 320. The summed E-state index contributed by atoms with van der Waals surface area (Å²) < 4.78 is 4.99. The summed E-state index contributed by atoms with van der Waals surface area (Å²) in [6.45, 7) is 0.647. The number of methoxy groups -OCH3 is 1. The summed E-state index contributed by atoms with van der Waals surface area (Å²) in [4.78, 5) is 4.50. The van der Waals surface area contributed by atoms with E-state index in [-0.39, 0.29) is 6.04 Å². The third-order valence-corrected chi connectivity index (χ3v) is 3.23. The minimum absolute atomic E-state index is 0.119. The van der Waals surface area contributed by atoms with Crippen molar-refractivity contribution < 1.29 is 4.74 Å². The summed E-state index contributed by atoms with van der Waals surface area (Å²) in [5.41, 5.74) is 5.97. The minimum Gasteiger partial charge on any atom is -0.385 e. The van der Waals surface area contributed by atoms with Crippen molar-refractivity contribution in [2.75, 3.05) is 13.7 Å². The SMILES string of the molecule is COCCC(N)c1n[nH]c(C2CCCC2)n1. The van der Waals surface area contributed by atoms with Gasteiger partial charge in [-0.15, -0.1) is 0 Å². The molecule has 1 unspecified atom stereocenters. The number of nitrogens with zero attached hydrogens (tertiary/aromatic N) is 2. The molecule has 0 bridgehead atoms. The molecule has 0 radical (unpaired) electrons. The number of aromatic nitrogens is 3. The van der Waals surface area contributed by atoms with Gasteiger partial charge in [0.05, 0.1) is 6.04 Å². The van der Waals surface area contributed by atoms with Gasteiger partial charge in [-0.3, -0.25) is 5.10 Å². The van der Waals surface area contributed by atoms with Gasteiger partial charge in [-0.1, -0.05) is 12.8 Å². The Balaban J connectivity index is 1.95. The fraction of sp³-hybridized carbons (Fsp3) is 0.818. The van der Waals surface area contributed by atoms with Crippen LogP contribution in [0, 0.1) is 0 Å². The average Bonchev–Trinajstić information content (AvgIpc) is 2.94. The molecule has 90 valence electrons. The van der Waals surface area contributed by atoms with Gasteiger partial charge in [-0.2, -0.15) is 5.10 Å². The Morgan fingerprint density at radius 3 is 2.94 bits per heavy atom. The molecule has 1 aromatic rings. The number of aromatic amines is 1. The van der Waals surface area contributed by atoms with Crippen molar-refractivity contribution >= 4 is 0 Å². The highest BCUT2D eigenvalue weighted by Gasteiger charge is 2.21. The van der Waals surface area contributed by atoms with E-state index in [0.29, 0.717) is 12.5 Å². The van der Waals surface area contributed by atoms with Crippen molar-refractivity contribution in [1.82, 2.24) is 15.2 Å². The fourth-order valence-corrected chi connectivity index (χ4v) is 2.21. The fourth-order valence-electron chi connectivity index (χ4n) is 2.21. The van der Waals surface area contributed by atoms with Crippen LogP contribution in [0.3, 0.4) is 0 Å². The van der Waals surface area contributed by atoms with Gasteiger partial charge in [0, 0.05) is 19.6 Å². The van der Waals surface area contributed by atoms with E-state index in [1.54, 1.807) is 7.11 Å². The number of hydrogen-bond acceptors (Lipinski definition) is 4. The van der Waals surface area contributed by atoms with Crippen molar-refractivity contribution in [2.45, 2.75) is 44.1 Å². The Morgan fingerprint density at radius 2 is 2.25 bits per heavy atom. The van der Waals surface area contributed by atoms with E-state index in [4.69, 9.17) is 10.5 Å². The first-order valence-electron chi connectivity index (χ1n) is 5.98. The van der Waals surface area contributed by atoms with Crippen LogP contribution in [0.15, 0.2) is 0 Å². The number of nitrogens with one attached hydrogen (secondary N) is 1. The number of hydrogen-bond donors (Lipinski definition) is 2. The molecule has 1 atom stereocenters. The number of ether oxygens (including phenoxy) is 1. The first kappa shape index (κ1) is 11.5. The van der Waals surface area contributed by atoms with Crippen LogP contribution >= 0.6 is 0 Å². The third-order valence-electron chi connectivity index (χ3n) is 3.23. The third kappa shape index (κ3) is 2.59. The van der Waals surface area contributed by atoms with Gasteiger partial charge in [0.2, 0.25) is 0 Å². The molecule has 1 aliphatic rings. The maximum absolute atomic E-state index is 5.97. The van der Waals surface area contributed by atoms with E-state index in [9.17, 15) is 0 Å². The second kappa shape index (κ2) is 5.41. The molecule has 16 heavy (non-hydrogen) atoms. The zero-order valence-corrected chi connectivity index (χ0v) is 9.78. The highest BCUT2D eigenvalue weighted by Crippen LogP contribution is 2.32. The van der Waals surface area contributed by atoms with Crippen molar-refractivity contribution in [1.29, 1.82) is 0 Å². The highest BCUT2D eigenvalue weighted by atomic mass is 16.5. The molecule has 3 N–H and O–H groups in total. The monoisotopic (exact) mass is 224 g/mol. The molecule has 1 fully saturated rings. The second-order valence-corrected chi connectivity index (χ2v) is 4.45. The summed E-state index contributed by atoms with van der Waals surface area (Å²) >= 11 is 0. The van der Waals surface area contributed by atoms with Crippen LogP contribution in [0.25, 0.3) is 0 Å². The van der Waals surface area contributed by atoms with Crippen LogP contribution in [-0.4, -0.2) is 28.9 Å². The van der Waals surface area contributed by atoms with E-state index in [2.05, 4.69) is 15.2 Å². The zero-order valence-electron chi connectivity index (χ0n) is 9.78. The van der Waals surface area contributed by atoms with E-state index < -0.39 is 0 Å². The van der Waals surface area contributed by atoms with Crippen LogP contribution in [0.1, 0.15) is 55.7 Å². The number of H-pyrrole nitrogens is 1. The van der Waals surface area contributed by atoms with Crippen molar-refractivity contribution in [3.8, 4) is 0 Å². The van der Waals surface area contributed by atoms with Crippen LogP contribution in [0.4, 0.5) is 0 Å². The summed E-state index contributed by atoms with van der Waals surface area (Å²) in [7, 11) is 1.68. The predicted octanol–water partition coefficient (Wildman–Crippen LogP) is 1.50. The largest absolute Gasteiger partial charge is 0.385 e. The zero-order chi connectivity index (χ0) is 11.4. The lowest BCUT2D eigenvalue weighted by Gasteiger charge is -2.06. The molecule has 0 aromatic carbocycles. The average molecular weight is 224 g/mol. The van der Waals surface area contributed by atoms with Crippen LogP contribution in [0.5, 0.6) is 0 Å². The first-order chi connectivity index (χ1) is 7.81. The Morgan fingerprint density at radius 1 is 1.50 bits per heavy atom. The summed E-state index contributed by atoms with van der Waals surface area (Å²) in [5.74, 6) is 2.30. The van der Waals surface area contributed by atoms with Crippen LogP contribution < -0.4 is 5.73 Å². The molecule has 5 nitrogen and oxygen atoms in total. The standard InChI is InChI=1S/C11H20N4O/c1-16-7-6-9(12)11-13-10(14-15-11)8-4-2-3-5-8/h8-9H,2-7,12H2,1H3,(H,13,14,15). The summed E-state index contributed by atoms with van der Waals surface area (Å²) in [6.07, 6.45) is 5.81. The smallest absolute Gasteiger partial charge is 0.167 e. The van der Waals surface area contributed by atoms with Gasteiger partial charge in [-0.25, -0.2) is 4.98 Å². The molecule has 1 saturated carbocycles. The molecule has 1 heterocycles.